The third-order valence-electron chi connectivity index (χ3n) is 4.90. The van der Waals surface area contributed by atoms with E-state index < -0.39 is 0 Å². The van der Waals surface area contributed by atoms with Crippen molar-refractivity contribution in [1.29, 1.82) is 0 Å². The maximum Gasteiger partial charge on any atom is 0.253 e. The van der Waals surface area contributed by atoms with Crippen molar-refractivity contribution in [3.05, 3.63) is 40.2 Å². The summed E-state index contributed by atoms with van der Waals surface area (Å²) in [6, 6.07) is 7.64. The van der Waals surface area contributed by atoms with Gasteiger partial charge in [-0.15, -0.1) is 0 Å². The molecule has 0 spiro atoms. The fourth-order valence-corrected chi connectivity index (χ4v) is 3.52. The van der Waals surface area contributed by atoms with E-state index in [1.54, 1.807) is 7.11 Å². The van der Waals surface area contributed by atoms with Gasteiger partial charge in [-0.2, -0.15) is 0 Å². The Balaban J connectivity index is 2.18. The number of fused-ring (bicyclic) bond motifs is 1. The van der Waals surface area contributed by atoms with Crippen LogP contribution in [0, 0.1) is 0 Å². The molecule has 1 aromatic carbocycles. The lowest BCUT2D eigenvalue weighted by atomic mass is 10.1. The van der Waals surface area contributed by atoms with E-state index in [-0.39, 0.29) is 5.56 Å². The lowest BCUT2D eigenvalue weighted by molar-refractivity contribution is 0.279. The van der Waals surface area contributed by atoms with Crippen molar-refractivity contribution in [3.63, 3.8) is 0 Å². The molecule has 0 radical (unpaired) electrons. The first-order valence-corrected chi connectivity index (χ1v) is 10.4. The van der Waals surface area contributed by atoms with E-state index in [9.17, 15) is 4.79 Å². The van der Waals surface area contributed by atoms with Gasteiger partial charge in [-0.05, 0) is 68.8 Å². The normalized spacial score (nSPS) is 11.0. The van der Waals surface area contributed by atoms with E-state index in [1.807, 2.05) is 31.2 Å². The molecule has 0 saturated carbocycles. The molecule has 1 heterocycles. The molecule has 6 nitrogen and oxygen atoms in total. The number of methoxy groups -OCH3 is 1. The highest BCUT2D eigenvalue weighted by Gasteiger charge is 2.13. The second-order valence-electron chi connectivity index (χ2n) is 6.71. The summed E-state index contributed by atoms with van der Waals surface area (Å²) in [7, 11) is 1.62. The van der Waals surface area contributed by atoms with Crippen LogP contribution in [-0.2, 0) is 6.54 Å². The van der Waals surface area contributed by atoms with Crippen LogP contribution in [0.25, 0.3) is 10.9 Å². The molecular weight excluding hydrogens is 372 g/mol. The number of ether oxygens (including phenoxy) is 1. The van der Waals surface area contributed by atoms with E-state index in [1.165, 1.54) is 0 Å². The Morgan fingerprint density at radius 3 is 2.57 bits per heavy atom. The molecule has 0 unspecified atom stereocenters. The van der Waals surface area contributed by atoms with E-state index >= 15 is 0 Å². The fraction of sp³-hybridized carbons (Fsp3) is 0.524. The van der Waals surface area contributed by atoms with Crippen molar-refractivity contribution in [2.45, 2.75) is 33.7 Å². The predicted molar refractivity (Wildman–Crippen MR) is 120 cm³/mol. The summed E-state index contributed by atoms with van der Waals surface area (Å²) in [6.07, 6.45) is 0.996. The topological polar surface area (TPSA) is 60.6 Å². The van der Waals surface area contributed by atoms with Crippen LogP contribution in [0.15, 0.2) is 29.1 Å². The molecule has 0 fully saturated rings. The highest BCUT2D eigenvalue weighted by Crippen LogP contribution is 2.19. The molecule has 154 valence electrons. The largest absolute Gasteiger partial charge is 0.497 e. The number of nitrogens with zero attached hydrogens (tertiary/aromatic N) is 2. The van der Waals surface area contributed by atoms with Gasteiger partial charge in [0.05, 0.1) is 19.2 Å². The van der Waals surface area contributed by atoms with Crippen molar-refractivity contribution in [2.75, 3.05) is 39.8 Å². The molecule has 0 atom stereocenters. The smallest absolute Gasteiger partial charge is 0.253 e. The number of hydrogen-bond donors (Lipinski definition) is 2. The number of hydrogen-bond acceptors (Lipinski definition) is 4. The molecule has 0 aliphatic rings. The molecule has 2 rings (SSSR count). The molecule has 7 heteroatoms. The van der Waals surface area contributed by atoms with Crippen LogP contribution in [0.3, 0.4) is 0 Å². The third kappa shape index (κ3) is 5.94. The van der Waals surface area contributed by atoms with Gasteiger partial charge in [0.1, 0.15) is 5.75 Å². The standard InChI is InChI=1S/C21H32N4O2S/c1-5-22-21(28)25(12-8-11-24(6-2)7-3)15-17-13-16-9-10-18(27-4)14-19(16)23-20(17)26/h9-10,13-14H,5-8,11-12,15H2,1-4H3,(H,22,28)(H,23,26). The maximum absolute atomic E-state index is 12.6. The average Bonchev–Trinajstić information content (AvgIpc) is 2.70. The Bertz CT molecular complexity index is 833. The zero-order valence-corrected chi connectivity index (χ0v) is 18.2. The Labute approximate surface area is 172 Å². The van der Waals surface area contributed by atoms with E-state index in [0.717, 1.165) is 55.8 Å². The Morgan fingerprint density at radius 2 is 1.93 bits per heavy atom. The van der Waals surface area contributed by atoms with Gasteiger partial charge >= 0.3 is 0 Å². The summed E-state index contributed by atoms with van der Waals surface area (Å²) >= 11 is 5.55. The van der Waals surface area contributed by atoms with Gasteiger partial charge < -0.3 is 24.8 Å². The Hall–Kier alpha value is -2.12. The molecule has 28 heavy (non-hydrogen) atoms. The summed E-state index contributed by atoms with van der Waals surface area (Å²) in [4.78, 5) is 20.1. The van der Waals surface area contributed by atoms with Crippen LogP contribution in [0.2, 0.25) is 0 Å². The van der Waals surface area contributed by atoms with E-state index in [4.69, 9.17) is 17.0 Å². The highest BCUT2D eigenvalue weighted by molar-refractivity contribution is 7.80. The number of thiocarbonyl (C=S) groups is 1. The molecule has 0 bridgehead atoms. The second kappa shape index (κ2) is 11.0. The summed E-state index contributed by atoms with van der Waals surface area (Å²) in [5.74, 6) is 0.724. The van der Waals surface area contributed by atoms with Gasteiger partial charge in [-0.1, -0.05) is 13.8 Å². The third-order valence-corrected chi connectivity index (χ3v) is 5.31. The minimum atomic E-state index is -0.0891. The minimum absolute atomic E-state index is 0.0891. The SMILES string of the molecule is CCNC(=S)N(CCCN(CC)CC)Cc1cc2ccc(OC)cc2[nH]c1=O. The van der Waals surface area contributed by atoms with Gasteiger partial charge in [0.25, 0.3) is 5.56 Å². The van der Waals surface area contributed by atoms with E-state index in [0.29, 0.717) is 17.2 Å². The molecular formula is C21H32N4O2S. The monoisotopic (exact) mass is 404 g/mol. The zero-order valence-electron chi connectivity index (χ0n) is 17.4. The molecule has 1 aromatic heterocycles. The van der Waals surface area contributed by atoms with Crippen molar-refractivity contribution in [3.8, 4) is 5.75 Å². The van der Waals surface area contributed by atoms with Crippen LogP contribution >= 0.6 is 12.2 Å². The molecule has 0 saturated heterocycles. The second-order valence-corrected chi connectivity index (χ2v) is 7.10. The van der Waals surface area contributed by atoms with Crippen molar-refractivity contribution in [1.82, 2.24) is 20.1 Å². The zero-order chi connectivity index (χ0) is 20.5. The summed E-state index contributed by atoms with van der Waals surface area (Å²) < 4.78 is 5.24. The number of nitrogens with one attached hydrogen (secondary N) is 2. The molecule has 2 aromatic rings. The van der Waals surface area contributed by atoms with Gasteiger partial charge in [-0.3, -0.25) is 4.79 Å². The lowest BCUT2D eigenvalue weighted by Crippen LogP contribution is -2.41. The first kappa shape index (κ1) is 22.2. The van der Waals surface area contributed by atoms with Crippen LogP contribution in [-0.4, -0.2) is 59.7 Å². The number of rotatable bonds is 10. The summed E-state index contributed by atoms with van der Waals surface area (Å²) in [6.45, 7) is 11.5. The number of aromatic amines is 1. The van der Waals surface area contributed by atoms with Gasteiger partial charge in [0.15, 0.2) is 5.11 Å². The molecule has 2 N–H and O–H groups in total. The number of benzene rings is 1. The van der Waals surface area contributed by atoms with E-state index in [2.05, 4.69) is 33.9 Å². The van der Waals surface area contributed by atoms with Crippen LogP contribution < -0.4 is 15.6 Å². The Kier molecular flexibility index (Phi) is 8.73. The predicted octanol–water partition coefficient (Wildman–Crippen LogP) is 2.97. The molecule has 0 aliphatic carbocycles. The van der Waals surface area contributed by atoms with Crippen LogP contribution in [0.4, 0.5) is 0 Å². The van der Waals surface area contributed by atoms with Crippen molar-refractivity contribution >= 4 is 28.2 Å². The van der Waals surface area contributed by atoms with Crippen LogP contribution in [0.1, 0.15) is 32.8 Å². The average molecular weight is 405 g/mol. The summed E-state index contributed by atoms with van der Waals surface area (Å²) in [5.41, 5.74) is 1.39. The Morgan fingerprint density at radius 1 is 1.18 bits per heavy atom. The van der Waals surface area contributed by atoms with Crippen molar-refractivity contribution < 1.29 is 4.74 Å². The highest BCUT2D eigenvalue weighted by atomic mass is 32.1. The van der Waals surface area contributed by atoms with Crippen LogP contribution in [0.5, 0.6) is 5.75 Å². The maximum atomic E-state index is 12.6. The molecule has 0 amide bonds. The van der Waals surface area contributed by atoms with Gasteiger partial charge in [-0.25, -0.2) is 0 Å². The summed E-state index contributed by atoms with van der Waals surface area (Å²) in [5, 5.41) is 4.89. The lowest BCUT2D eigenvalue weighted by Gasteiger charge is -2.27. The number of H-pyrrole nitrogens is 1. The number of pyridine rings is 1. The molecule has 0 aliphatic heterocycles. The van der Waals surface area contributed by atoms with Gasteiger partial charge in [0, 0.05) is 24.7 Å². The fourth-order valence-electron chi connectivity index (χ4n) is 3.22. The minimum Gasteiger partial charge on any atom is -0.497 e. The van der Waals surface area contributed by atoms with Crippen molar-refractivity contribution in [2.24, 2.45) is 0 Å². The first-order valence-electron chi connectivity index (χ1n) is 9.97. The quantitative estimate of drug-likeness (QED) is 0.594. The van der Waals surface area contributed by atoms with Gasteiger partial charge in [0.2, 0.25) is 0 Å². The number of aromatic nitrogens is 1. The first-order chi connectivity index (χ1) is 13.5.